The minimum atomic E-state index is -0.530. The van der Waals surface area contributed by atoms with Gasteiger partial charge in [-0.3, -0.25) is 14.9 Å². The summed E-state index contributed by atoms with van der Waals surface area (Å²) in [6, 6.07) is 18.0. The molecule has 3 aromatic rings. The van der Waals surface area contributed by atoms with Crippen molar-refractivity contribution in [1.82, 2.24) is 20.0 Å². The van der Waals surface area contributed by atoms with Gasteiger partial charge in [0, 0.05) is 23.9 Å². The van der Waals surface area contributed by atoms with Crippen LogP contribution in [0.1, 0.15) is 18.1 Å². The number of hydrogen-bond donors (Lipinski definition) is 2. The maximum Gasteiger partial charge on any atom is 0.411 e. The highest BCUT2D eigenvalue weighted by molar-refractivity contribution is 5.84. The van der Waals surface area contributed by atoms with Crippen molar-refractivity contribution < 1.29 is 14.3 Å². The molecule has 9 nitrogen and oxygen atoms in total. The zero-order chi connectivity index (χ0) is 24.5. The van der Waals surface area contributed by atoms with E-state index in [9.17, 15) is 14.4 Å². The van der Waals surface area contributed by atoms with Crippen LogP contribution in [0.25, 0.3) is 11.3 Å². The molecule has 0 saturated carbocycles. The Hall–Kier alpha value is -3.98. The van der Waals surface area contributed by atoms with Gasteiger partial charge in [0.15, 0.2) is 0 Å². The van der Waals surface area contributed by atoms with Gasteiger partial charge >= 0.3 is 6.09 Å². The highest BCUT2D eigenvalue weighted by Crippen LogP contribution is 2.17. The molecule has 0 bridgehead atoms. The molecule has 178 valence electrons. The van der Waals surface area contributed by atoms with Gasteiger partial charge in [-0.15, -0.1) is 0 Å². The number of carbonyl (C=O) groups is 2. The van der Waals surface area contributed by atoms with Crippen molar-refractivity contribution in [3.05, 3.63) is 82.1 Å². The van der Waals surface area contributed by atoms with Crippen molar-refractivity contribution in [3.63, 3.8) is 0 Å². The maximum atomic E-state index is 12.4. The SMILES string of the molecule is CCOC(=O)Nc1cccc(Cn2nc(-c3ccc(CNC(=O)CN(C)C)cc3)ccc2=O)c1. The molecule has 2 amide bonds. The minimum absolute atomic E-state index is 0.0376. The number of ether oxygens (including phenoxy) is 1. The first-order valence-corrected chi connectivity index (χ1v) is 11.0. The molecule has 1 aromatic heterocycles. The Kier molecular flexibility index (Phi) is 8.53. The Morgan fingerprint density at radius 2 is 1.79 bits per heavy atom. The van der Waals surface area contributed by atoms with Crippen LogP contribution >= 0.6 is 0 Å². The van der Waals surface area contributed by atoms with Gasteiger partial charge in [0.25, 0.3) is 5.56 Å². The smallest absolute Gasteiger partial charge is 0.411 e. The van der Waals surface area contributed by atoms with Crippen LogP contribution in [-0.4, -0.2) is 53.9 Å². The molecule has 0 atom stereocenters. The van der Waals surface area contributed by atoms with Crippen LogP contribution in [-0.2, 0) is 22.6 Å². The van der Waals surface area contributed by atoms with Crippen LogP contribution in [0.3, 0.4) is 0 Å². The summed E-state index contributed by atoms with van der Waals surface area (Å²) in [5.74, 6) is -0.0376. The summed E-state index contributed by atoms with van der Waals surface area (Å²) >= 11 is 0. The second kappa shape index (κ2) is 11.8. The van der Waals surface area contributed by atoms with E-state index in [0.717, 1.165) is 16.7 Å². The first-order chi connectivity index (χ1) is 16.3. The summed E-state index contributed by atoms with van der Waals surface area (Å²) in [7, 11) is 3.69. The number of hydrogen-bond acceptors (Lipinski definition) is 6. The fourth-order valence-corrected chi connectivity index (χ4v) is 3.26. The lowest BCUT2D eigenvalue weighted by Crippen LogP contribution is -2.32. The topological polar surface area (TPSA) is 106 Å². The van der Waals surface area contributed by atoms with Crippen molar-refractivity contribution in [2.75, 3.05) is 32.6 Å². The van der Waals surface area contributed by atoms with Crippen LogP contribution in [0, 0.1) is 0 Å². The number of aromatic nitrogens is 2. The predicted octanol–water partition coefficient (Wildman–Crippen LogP) is 2.70. The van der Waals surface area contributed by atoms with E-state index in [1.165, 1.54) is 10.7 Å². The number of nitrogens with zero attached hydrogens (tertiary/aromatic N) is 3. The second-order valence-corrected chi connectivity index (χ2v) is 7.97. The molecule has 0 unspecified atom stereocenters. The summed E-state index contributed by atoms with van der Waals surface area (Å²) in [4.78, 5) is 37.7. The molecule has 0 radical (unpaired) electrons. The van der Waals surface area contributed by atoms with E-state index in [1.54, 1.807) is 31.2 Å². The highest BCUT2D eigenvalue weighted by atomic mass is 16.5. The molecule has 0 saturated heterocycles. The lowest BCUT2D eigenvalue weighted by Gasteiger charge is -2.11. The summed E-state index contributed by atoms with van der Waals surface area (Å²) in [6.07, 6.45) is -0.530. The van der Waals surface area contributed by atoms with Crippen molar-refractivity contribution in [3.8, 4) is 11.3 Å². The van der Waals surface area contributed by atoms with Crippen LogP contribution in [0.15, 0.2) is 65.5 Å². The molecule has 0 aliphatic heterocycles. The number of carbonyl (C=O) groups excluding carboxylic acids is 2. The van der Waals surface area contributed by atoms with Gasteiger partial charge in [0.2, 0.25) is 5.91 Å². The zero-order valence-corrected chi connectivity index (χ0v) is 19.6. The molecule has 2 aromatic carbocycles. The molecule has 0 spiro atoms. The quantitative estimate of drug-likeness (QED) is 0.506. The molecule has 2 N–H and O–H groups in total. The third-order valence-corrected chi connectivity index (χ3v) is 4.85. The molecule has 3 rings (SSSR count). The van der Waals surface area contributed by atoms with Gasteiger partial charge < -0.3 is 15.0 Å². The van der Waals surface area contributed by atoms with Crippen molar-refractivity contribution >= 4 is 17.7 Å². The number of likely N-dealkylation sites (N-methyl/N-ethyl adjacent to an activating group) is 1. The third-order valence-electron chi connectivity index (χ3n) is 4.85. The van der Waals surface area contributed by atoms with Gasteiger partial charge in [0.1, 0.15) is 0 Å². The average molecular weight is 464 g/mol. The maximum absolute atomic E-state index is 12.4. The molecule has 34 heavy (non-hydrogen) atoms. The number of amides is 2. The minimum Gasteiger partial charge on any atom is -0.450 e. The van der Waals surface area contributed by atoms with Crippen LogP contribution in [0.5, 0.6) is 0 Å². The van der Waals surface area contributed by atoms with Gasteiger partial charge in [0.05, 0.1) is 25.4 Å². The molecular weight excluding hydrogens is 434 g/mol. The third kappa shape index (κ3) is 7.28. The van der Waals surface area contributed by atoms with Gasteiger partial charge in [-0.25, -0.2) is 9.48 Å². The van der Waals surface area contributed by atoms with E-state index in [-0.39, 0.29) is 24.6 Å². The van der Waals surface area contributed by atoms with Gasteiger partial charge in [-0.2, -0.15) is 5.10 Å². The lowest BCUT2D eigenvalue weighted by atomic mass is 10.1. The normalized spacial score (nSPS) is 10.7. The standard InChI is InChI=1S/C25H29N5O4/c1-4-34-25(33)27-21-7-5-6-19(14-21)16-30-24(32)13-12-22(28-30)20-10-8-18(9-11-20)15-26-23(31)17-29(2)3/h5-14H,4,15-17H2,1-3H3,(H,26,31)(H,27,33). The molecule has 0 fully saturated rings. The Labute approximate surface area is 198 Å². The number of nitrogens with one attached hydrogen (secondary N) is 2. The number of benzene rings is 2. The molecular formula is C25H29N5O4. The average Bonchev–Trinajstić information content (AvgIpc) is 2.79. The van der Waals surface area contributed by atoms with E-state index >= 15 is 0 Å². The summed E-state index contributed by atoms with van der Waals surface area (Å²) in [5, 5.41) is 10.0. The predicted molar refractivity (Wildman–Crippen MR) is 131 cm³/mol. The van der Waals surface area contributed by atoms with Crippen molar-refractivity contribution in [2.45, 2.75) is 20.0 Å². The van der Waals surface area contributed by atoms with Gasteiger partial charge in [-0.05, 0) is 50.3 Å². The van der Waals surface area contributed by atoms with Crippen LogP contribution in [0.2, 0.25) is 0 Å². The van der Waals surface area contributed by atoms with Crippen LogP contribution < -0.4 is 16.2 Å². The Bertz CT molecular complexity index is 1190. The first-order valence-electron chi connectivity index (χ1n) is 11.0. The Morgan fingerprint density at radius 3 is 2.50 bits per heavy atom. The molecule has 0 aliphatic rings. The number of rotatable bonds is 9. The van der Waals surface area contributed by atoms with E-state index < -0.39 is 6.09 Å². The second-order valence-electron chi connectivity index (χ2n) is 7.97. The highest BCUT2D eigenvalue weighted by Gasteiger charge is 2.08. The summed E-state index contributed by atoms with van der Waals surface area (Å²) < 4.78 is 6.28. The van der Waals surface area contributed by atoms with E-state index in [4.69, 9.17) is 4.74 Å². The molecule has 9 heteroatoms. The fourth-order valence-electron chi connectivity index (χ4n) is 3.26. The monoisotopic (exact) mass is 463 g/mol. The van der Waals surface area contributed by atoms with Gasteiger partial charge in [-0.1, -0.05) is 36.4 Å². The summed E-state index contributed by atoms with van der Waals surface area (Å²) in [5.41, 5.74) is 3.64. The Balaban J connectivity index is 1.70. The van der Waals surface area contributed by atoms with E-state index in [0.29, 0.717) is 24.5 Å². The largest absolute Gasteiger partial charge is 0.450 e. The van der Waals surface area contributed by atoms with E-state index in [1.807, 2.05) is 49.3 Å². The van der Waals surface area contributed by atoms with Crippen LogP contribution in [0.4, 0.5) is 10.5 Å². The zero-order valence-electron chi connectivity index (χ0n) is 19.6. The number of anilines is 1. The van der Waals surface area contributed by atoms with Crippen molar-refractivity contribution in [2.24, 2.45) is 0 Å². The molecule has 0 aliphatic carbocycles. The molecule has 1 heterocycles. The Morgan fingerprint density at radius 1 is 1.03 bits per heavy atom. The van der Waals surface area contributed by atoms with Crippen molar-refractivity contribution in [1.29, 1.82) is 0 Å². The fraction of sp³-hybridized carbons (Fsp3) is 0.280. The summed E-state index contributed by atoms with van der Waals surface area (Å²) in [6.45, 7) is 3.05. The lowest BCUT2D eigenvalue weighted by molar-refractivity contribution is -0.121. The first kappa shape index (κ1) is 24.7. The van der Waals surface area contributed by atoms with E-state index in [2.05, 4.69) is 15.7 Å².